The van der Waals surface area contributed by atoms with Gasteiger partial charge in [-0.1, -0.05) is 0 Å². The Kier molecular flexibility index (Phi) is 9.61. The minimum Gasteiger partial charge on any atom is -0.478 e. The second-order valence-electron chi connectivity index (χ2n) is 4.88. The summed E-state index contributed by atoms with van der Waals surface area (Å²) in [6.45, 7) is 4.27. The van der Waals surface area contributed by atoms with Crippen LogP contribution in [-0.4, -0.2) is 42.1 Å². The molecule has 1 aromatic rings. The molecule has 1 fully saturated rings. The van der Waals surface area contributed by atoms with Gasteiger partial charge in [0.05, 0.1) is 6.61 Å². The van der Waals surface area contributed by atoms with Crippen LogP contribution in [-0.2, 0) is 6.54 Å². The molecule has 0 aromatic carbocycles. The van der Waals surface area contributed by atoms with E-state index in [2.05, 4.69) is 20.6 Å². The van der Waals surface area contributed by atoms with Crippen LogP contribution >= 0.6 is 35.7 Å². The number of guanidine groups is 1. The van der Waals surface area contributed by atoms with E-state index in [0.717, 1.165) is 18.1 Å². The summed E-state index contributed by atoms with van der Waals surface area (Å²) in [6.07, 6.45) is 4.41. The number of nitrogens with zero attached hydrogens (tertiary/aromatic N) is 2. The van der Waals surface area contributed by atoms with Gasteiger partial charge in [0.2, 0.25) is 5.88 Å². The minimum absolute atomic E-state index is 0. The number of ether oxygens (including phenoxy) is 1. The Bertz CT molecular complexity index is 467. The maximum Gasteiger partial charge on any atom is 0.213 e. The second kappa shape index (κ2) is 10.9. The fourth-order valence-corrected chi connectivity index (χ4v) is 3.41. The zero-order chi connectivity index (χ0) is 14.9. The van der Waals surface area contributed by atoms with Gasteiger partial charge >= 0.3 is 0 Å². The largest absolute Gasteiger partial charge is 0.478 e. The van der Waals surface area contributed by atoms with E-state index in [1.165, 1.54) is 18.6 Å². The Balaban J connectivity index is 0.00000242. The summed E-state index contributed by atoms with van der Waals surface area (Å²) in [5.41, 5.74) is 1.13. The first kappa shape index (κ1) is 19.3. The van der Waals surface area contributed by atoms with E-state index in [4.69, 9.17) is 4.74 Å². The van der Waals surface area contributed by atoms with Crippen molar-refractivity contribution in [1.29, 1.82) is 0 Å². The molecule has 0 radical (unpaired) electrons. The molecular weight excluding hydrogens is 411 g/mol. The number of rotatable bonds is 6. The molecule has 1 aromatic heterocycles. The Morgan fingerprint density at radius 3 is 3.05 bits per heavy atom. The summed E-state index contributed by atoms with van der Waals surface area (Å²) in [5, 5.41) is 7.43. The third-order valence-corrected chi connectivity index (χ3v) is 4.69. The van der Waals surface area contributed by atoms with E-state index >= 15 is 0 Å². The van der Waals surface area contributed by atoms with E-state index in [0.29, 0.717) is 24.3 Å². The highest BCUT2D eigenvalue weighted by molar-refractivity contribution is 14.0. The number of aromatic nitrogens is 1. The fraction of sp³-hybridized carbons (Fsp3) is 0.600. The molecule has 5 nitrogen and oxygen atoms in total. The molecule has 0 amide bonds. The number of nitrogens with one attached hydrogen (secondary N) is 2. The molecule has 1 atom stereocenters. The predicted molar refractivity (Wildman–Crippen MR) is 105 cm³/mol. The van der Waals surface area contributed by atoms with E-state index in [9.17, 15) is 0 Å². The monoisotopic (exact) mass is 436 g/mol. The lowest BCUT2D eigenvalue weighted by Crippen LogP contribution is -2.39. The third kappa shape index (κ3) is 6.60. The summed E-state index contributed by atoms with van der Waals surface area (Å²) in [5.74, 6) is 2.80. The summed E-state index contributed by atoms with van der Waals surface area (Å²) in [7, 11) is 1.80. The van der Waals surface area contributed by atoms with Crippen molar-refractivity contribution in [2.24, 2.45) is 4.99 Å². The van der Waals surface area contributed by atoms with Crippen molar-refractivity contribution in [3.05, 3.63) is 23.9 Å². The maximum absolute atomic E-state index is 5.41. The summed E-state index contributed by atoms with van der Waals surface area (Å²) in [6, 6.07) is 3.94. The molecular formula is C15H25IN4OS. The average molecular weight is 436 g/mol. The smallest absolute Gasteiger partial charge is 0.213 e. The molecule has 0 spiro atoms. The van der Waals surface area contributed by atoms with Crippen molar-refractivity contribution in [3.63, 3.8) is 0 Å². The maximum atomic E-state index is 5.41. The van der Waals surface area contributed by atoms with E-state index < -0.39 is 0 Å². The van der Waals surface area contributed by atoms with Crippen LogP contribution < -0.4 is 15.4 Å². The topological polar surface area (TPSA) is 58.5 Å². The number of hydrogen-bond donors (Lipinski definition) is 2. The van der Waals surface area contributed by atoms with Crippen LogP contribution in [0.5, 0.6) is 5.88 Å². The second-order valence-corrected chi connectivity index (χ2v) is 6.29. The van der Waals surface area contributed by atoms with Gasteiger partial charge in [0.25, 0.3) is 0 Å². The first-order valence-corrected chi connectivity index (χ1v) is 8.50. The Morgan fingerprint density at radius 1 is 1.50 bits per heavy atom. The van der Waals surface area contributed by atoms with Gasteiger partial charge in [0.15, 0.2) is 5.96 Å². The average Bonchev–Trinajstić information content (AvgIpc) is 3.01. The standard InChI is InChI=1S/C15H24N4OS.HI/c1-3-20-14-9-12(6-7-17-14)10-18-15(16-2)19-11-13-5-4-8-21-13;/h6-7,9,13H,3-5,8,10-11H2,1-2H3,(H2,16,18,19);1H. The first-order valence-electron chi connectivity index (χ1n) is 7.45. The van der Waals surface area contributed by atoms with Crippen LogP contribution in [0.1, 0.15) is 25.3 Å². The number of hydrogen-bond acceptors (Lipinski definition) is 4. The third-order valence-electron chi connectivity index (χ3n) is 3.30. The number of halogens is 1. The van der Waals surface area contributed by atoms with Gasteiger partial charge < -0.3 is 15.4 Å². The molecule has 1 aliphatic rings. The molecule has 0 bridgehead atoms. The van der Waals surface area contributed by atoms with Gasteiger partial charge in [0.1, 0.15) is 0 Å². The van der Waals surface area contributed by atoms with Gasteiger partial charge in [-0.2, -0.15) is 11.8 Å². The molecule has 1 saturated heterocycles. The molecule has 2 heterocycles. The van der Waals surface area contributed by atoms with Crippen LogP contribution in [0.3, 0.4) is 0 Å². The Morgan fingerprint density at radius 2 is 2.36 bits per heavy atom. The highest BCUT2D eigenvalue weighted by Crippen LogP contribution is 2.25. The van der Waals surface area contributed by atoms with Crippen LogP contribution in [0.25, 0.3) is 0 Å². The van der Waals surface area contributed by atoms with Crippen molar-refractivity contribution in [3.8, 4) is 5.88 Å². The first-order chi connectivity index (χ1) is 10.3. The highest BCUT2D eigenvalue weighted by Gasteiger charge is 2.15. The molecule has 1 aliphatic heterocycles. The van der Waals surface area contributed by atoms with E-state index in [1.54, 1.807) is 13.2 Å². The molecule has 22 heavy (non-hydrogen) atoms. The Hall–Kier alpha value is -0.700. The van der Waals surface area contributed by atoms with Gasteiger partial charge in [-0.25, -0.2) is 4.98 Å². The molecule has 0 aliphatic carbocycles. The number of aliphatic imine (C=N–C) groups is 1. The van der Waals surface area contributed by atoms with Gasteiger partial charge in [-0.15, -0.1) is 24.0 Å². The van der Waals surface area contributed by atoms with Crippen molar-refractivity contribution in [2.45, 2.75) is 31.6 Å². The van der Waals surface area contributed by atoms with Crippen molar-refractivity contribution < 1.29 is 4.74 Å². The van der Waals surface area contributed by atoms with E-state index in [-0.39, 0.29) is 24.0 Å². The van der Waals surface area contributed by atoms with Gasteiger partial charge in [-0.3, -0.25) is 4.99 Å². The lowest BCUT2D eigenvalue weighted by molar-refractivity contribution is 0.326. The van der Waals surface area contributed by atoms with Crippen molar-refractivity contribution in [1.82, 2.24) is 15.6 Å². The van der Waals surface area contributed by atoms with Crippen LogP contribution in [0.4, 0.5) is 0 Å². The lowest BCUT2D eigenvalue weighted by Gasteiger charge is -2.15. The zero-order valence-electron chi connectivity index (χ0n) is 13.2. The highest BCUT2D eigenvalue weighted by atomic mass is 127. The van der Waals surface area contributed by atoms with Crippen LogP contribution in [0.2, 0.25) is 0 Å². The summed E-state index contributed by atoms with van der Waals surface area (Å²) >= 11 is 2.05. The molecule has 1 unspecified atom stereocenters. The fourth-order valence-electron chi connectivity index (χ4n) is 2.21. The molecule has 124 valence electrons. The normalized spacial score (nSPS) is 17.7. The quantitative estimate of drug-likeness (QED) is 0.408. The Labute approximate surface area is 154 Å². The SMILES string of the molecule is CCOc1cc(CNC(=NC)NCC2CCCS2)ccn1.I. The zero-order valence-corrected chi connectivity index (χ0v) is 16.3. The summed E-state index contributed by atoms with van der Waals surface area (Å²) in [4.78, 5) is 8.43. The molecule has 7 heteroatoms. The molecule has 2 rings (SSSR count). The van der Waals surface area contributed by atoms with Crippen molar-refractivity contribution in [2.75, 3.05) is 26.0 Å². The lowest BCUT2D eigenvalue weighted by atomic mass is 10.2. The minimum atomic E-state index is 0. The molecule has 2 N–H and O–H groups in total. The van der Waals surface area contributed by atoms with Gasteiger partial charge in [0, 0.05) is 37.7 Å². The summed E-state index contributed by atoms with van der Waals surface area (Å²) < 4.78 is 5.41. The number of pyridine rings is 1. The van der Waals surface area contributed by atoms with E-state index in [1.807, 2.05) is 30.8 Å². The predicted octanol–water partition coefficient (Wildman–Crippen LogP) is 2.66. The number of thioether (sulfide) groups is 1. The van der Waals surface area contributed by atoms with Crippen molar-refractivity contribution >= 4 is 41.7 Å². The molecule has 0 saturated carbocycles. The van der Waals surface area contributed by atoms with Crippen LogP contribution in [0.15, 0.2) is 23.3 Å². The van der Waals surface area contributed by atoms with Gasteiger partial charge in [-0.05, 0) is 37.1 Å². The van der Waals surface area contributed by atoms with Crippen LogP contribution in [0, 0.1) is 0 Å².